The van der Waals surface area contributed by atoms with Gasteiger partial charge in [0.15, 0.2) is 0 Å². The Morgan fingerprint density at radius 1 is 1.09 bits per heavy atom. The number of carbonyl (C=O) groups excluding carboxylic acids is 2. The average molecular weight is 467 g/mol. The van der Waals surface area contributed by atoms with E-state index in [2.05, 4.69) is 9.80 Å². The van der Waals surface area contributed by atoms with Gasteiger partial charge >= 0.3 is 0 Å². The highest BCUT2D eigenvalue weighted by molar-refractivity contribution is 5.98. The Hall–Kier alpha value is -2.94. The van der Waals surface area contributed by atoms with Crippen LogP contribution in [0.15, 0.2) is 54.6 Å². The van der Waals surface area contributed by atoms with Crippen LogP contribution in [-0.4, -0.2) is 92.1 Å². The molecule has 0 radical (unpaired) electrons. The van der Waals surface area contributed by atoms with Gasteiger partial charge in [-0.1, -0.05) is 36.4 Å². The number of hydrogen-bond acceptors (Lipinski definition) is 6. The molecule has 8 nitrogen and oxygen atoms in total. The Bertz CT molecular complexity index is 978. The number of amides is 2. The summed E-state index contributed by atoms with van der Waals surface area (Å²) in [5.41, 5.74) is 7.25. The lowest BCUT2D eigenvalue weighted by atomic mass is 9.98. The van der Waals surface area contributed by atoms with Crippen molar-refractivity contribution >= 4 is 11.8 Å². The molecule has 2 aromatic rings. The maximum atomic E-state index is 13.8. The molecule has 0 aromatic heterocycles. The van der Waals surface area contributed by atoms with Crippen molar-refractivity contribution in [1.82, 2.24) is 14.7 Å². The van der Waals surface area contributed by atoms with Crippen LogP contribution >= 0.6 is 0 Å². The number of likely N-dealkylation sites (tertiary alicyclic amines) is 1. The lowest BCUT2D eigenvalue weighted by Crippen LogP contribution is -2.45. The maximum Gasteiger partial charge on any atom is 0.255 e. The van der Waals surface area contributed by atoms with E-state index in [1.54, 1.807) is 17.0 Å². The molecule has 8 heteroatoms. The van der Waals surface area contributed by atoms with Crippen molar-refractivity contribution in [3.8, 4) is 5.75 Å². The van der Waals surface area contributed by atoms with E-state index in [4.69, 9.17) is 15.2 Å². The first-order valence-corrected chi connectivity index (χ1v) is 11.8. The number of morpholine rings is 1. The summed E-state index contributed by atoms with van der Waals surface area (Å²) in [6.07, 6.45) is 0.489. The molecule has 0 spiro atoms. The summed E-state index contributed by atoms with van der Waals surface area (Å²) in [6.45, 7) is 4.63. The monoisotopic (exact) mass is 466 g/mol. The van der Waals surface area contributed by atoms with Crippen LogP contribution in [0.4, 0.5) is 0 Å². The van der Waals surface area contributed by atoms with E-state index in [0.717, 1.165) is 38.4 Å². The highest BCUT2D eigenvalue weighted by atomic mass is 16.5. The molecule has 2 amide bonds. The third-order valence-electron chi connectivity index (χ3n) is 6.69. The topological polar surface area (TPSA) is 88.3 Å². The predicted octanol–water partition coefficient (Wildman–Crippen LogP) is 1.77. The standard InChI is InChI=1S/C26H34N4O4/c1-28(2)22-18-23(25(27)31)30(24(22)19-7-4-3-5-8-19)26(32)20-9-6-10-21(17-20)34-16-13-29-11-14-33-15-12-29/h3-10,17,22-24H,11-16,18H2,1-2H3,(H2,27,31)/t22-,23+,24+/m1/s1. The van der Waals surface area contributed by atoms with Crippen molar-refractivity contribution < 1.29 is 19.1 Å². The van der Waals surface area contributed by atoms with E-state index in [1.165, 1.54) is 0 Å². The average Bonchev–Trinajstić information content (AvgIpc) is 3.26. The summed E-state index contributed by atoms with van der Waals surface area (Å²) in [7, 11) is 3.94. The first-order chi connectivity index (χ1) is 16.5. The Balaban J connectivity index is 1.55. The van der Waals surface area contributed by atoms with Crippen LogP contribution in [-0.2, 0) is 9.53 Å². The Labute approximate surface area is 201 Å². The van der Waals surface area contributed by atoms with E-state index < -0.39 is 11.9 Å². The number of ether oxygens (including phenoxy) is 2. The zero-order valence-corrected chi connectivity index (χ0v) is 19.9. The third kappa shape index (κ3) is 5.41. The number of rotatable bonds is 8. The van der Waals surface area contributed by atoms with E-state index in [1.807, 2.05) is 56.6 Å². The lowest BCUT2D eigenvalue weighted by molar-refractivity contribution is -0.122. The summed E-state index contributed by atoms with van der Waals surface area (Å²) < 4.78 is 11.3. The fourth-order valence-electron chi connectivity index (χ4n) is 4.88. The molecule has 2 saturated heterocycles. The highest BCUT2D eigenvalue weighted by Crippen LogP contribution is 2.39. The van der Waals surface area contributed by atoms with Crippen LogP contribution in [0.2, 0.25) is 0 Å². The number of nitrogens with two attached hydrogens (primary N) is 1. The van der Waals surface area contributed by atoms with Gasteiger partial charge in [0.05, 0.1) is 19.3 Å². The Morgan fingerprint density at radius 2 is 1.82 bits per heavy atom. The SMILES string of the molecule is CN(C)[C@@H]1C[C@@H](C(N)=O)N(C(=O)c2cccc(OCCN3CCOCC3)c2)[C@H]1c1ccccc1. The molecule has 0 bridgehead atoms. The fourth-order valence-corrected chi connectivity index (χ4v) is 4.88. The third-order valence-corrected chi connectivity index (χ3v) is 6.69. The van der Waals surface area contributed by atoms with Gasteiger partial charge in [0.25, 0.3) is 5.91 Å². The second-order valence-electron chi connectivity index (χ2n) is 9.08. The van der Waals surface area contributed by atoms with Gasteiger partial charge < -0.3 is 25.0 Å². The molecule has 0 aliphatic carbocycles. The lowest BCUT2D eigenvalue weighted by Gasteiger charge is -2.33. The molecule has 2 aliphatic rings. The van der Waals surface area contributed by atoms with Gasteiger partial charge in [-0.15, -0.1) is 0 Å². The van der Waals surface area contributed by atoms with Crippen molar-refractivity contribution in [1.29, 1.82) is 0 Å². The predicted molar refractivity (Wildman–Crippen MR) is 130 cm³/mol. The summed E-state index contributed by atoms with van der Waals surface area (Å²) in [5, 5.41) is 0. The first kappa shape index (κ1) is 24.2. The van der Waals surface area contributed by atoms with Crippen LogP contribution in [0.3, 0.4) is 0 Å². The molecule has 2 fully saturated rings. The van der Waals surface area contributed by atoms with E-state index in [0.29, 0.717) is 24.3 Å². The number of nitrogens with zero attached hydrogens (tertiary/aromatic N) is 3. The molecule has 2 N–H and O–H groups in total. The number of likely N-dealkylation sites (N-methyl/N-ethyl adjacent to an activating group) is 1. The van der Waals surface area contributed by atoms with Gasteiger partial charge in [0, 0.05) is 31.2 Å². The molecule has 3 atom stereocenters. The fraction of sp³-hybridized carbons (Fsp3) is 0.462. The molecule has 4 rings (SSSR count). The number of primary amides is 1. The van der Waals surface area contributed by atoms with Crippen molar-refractivity contribution in [2.24, 2.45) is 5.73 Å². The second-order valence-corrected chi connectivity index (χ2v) is 9.08. The quantitative estimate of drug-likeness (QED) is 0.638. The Morgan fingerprint density at radius 3 is 2.50 bits per heavy atom. The van der Waals surface area contributed by atoms with Crippen LogP contribution in [0, 0.1) is 0 Å². The van der Waals surface area contributed by atoms with Gasteiger partial charge in [-0.25, -0.2) is 0 Å². The molecule has 2 heterocycles. The van der Waals surface area contributed by atoms with Crippen LogP contribution in [0.5, 0.6) is 5.75 Å². The van der Waals surface area contributed by atoms with E-state index in [-0.39, 0.29) is 18.0 Å². The second kappa shape index (κ2) is 11.0. The first-order valence-electron chi connectivity index (χ1n) is 11.8. The van der Waals surface area contributed by atoms with Crippen molar-refractivity contribution in [2.45, 2.75) is 24.5 Å². The van der Waals surface area contributed by atoms with Crippen molar-refractivity contribution in [2.75, 3.05) is 53.6 Å². The number of hydrogen-bond donors (Lipinski definition) is 1. The summed E-state index contributed by atoms with van der Waals surface area (Å²) >= 11 is 0. The molecular formula is C26H34N4O4. The van der Waals surface area contributed by atoms with Crippen LogP contribution in [0.25, 0.3) is 0 Å². The van der Waals surface area contributed by atoms with Gasteiger partial charge in [-0.2, -0.15) is 0 Å². The van der Waals surface area contributed by atoms with Gasteiger partial charge in [0.2, 0.25) is 5.91 Å². The maximum absolute atomic E-state index is 13.8. The van der Waals surface area contributed by atoms with E-state index >= 15 is 0 Å². The van der Waals surface area contributed by atoms with Gasteiger partial charge in [-0.05, 0) is 44.3 Å². The zero-order chi connectivity index (χ0) is 24.1. The molecule has 2 aromatic carbocycles. The molecule has 0 saturated carbocycles. The summed E-state index contributed by atoms with van der Waals surface area (Å²) in [5.74, 6) is -0.0773. The molecule has 0 unspecified atom stereocenters. The highest BCUT2D eigenvalue weighted by Gasteiger charge is 2.48. The van der Waals surface area contributed by atoms with Crippen molar-refractivity contribution in [3.63, 3.8) is 0 Å². The summed E-state index contributed by atoms with van der Waals surface area (Å²) in [6, 6.07) is 16.0. The minimum Gasteiger partial charge on any atom is -0.492 e. The van der Waals surface area contributed by atoms with Gasteiger partial charge in [-0.3, -0.25) is 14.5 Å². The minimum absolute atomic E-state index is 0.0307. The number of carbonyl (C=O) groups is 2. The molecular weight excluding hydrogens is 432 g/mol. The van der Waals surface area contributed by atoms with Crippen LogP contribution < -0.4 is 10.5 Å². The molecule has 34 heavy (non-hydrogen) atoms. The smallest absolute Gasteiger partial charge is 0.255 e. The Kier molecular flexibility index (Phi) is 7.82. The molecule has 2 aliphatic heterocycles. The number of benzene rings is 2. The van der Waals surface area contributed by atoms with E-state index in [9.17, 15) is 9.59 Å². The zero-order valence-electron chi connectivity index (χ0n) is 19.9. The minimum atomic E-state index is -0.684. The largest absolute Gasteiger partial charge is 0.492 e. The van der Waals surface area contributed by atoms with Gasteiger partial charge in [0.1, 0.15) is 18.4 Å². The molecule has 182 valence electrons. The van der Waals surface area contributed by atoms with Crippen molar-refractivity contribution in [3.05, 3.63) is 65.7 Å². The van der Waals surface area contributed by atoms with Crippen LogP contribution in [0.1, 0.15) is 28.4 Å². The normalized spacial score (nSPS) is 23.3. The summed E-state index contributed by atoms with van der Waals surface area (Å²) in [4.78, 5) is 32.3.